The number of nitrogens with zero attached hydrogens (tertiary/aromatic N) is 1. The van der Waals surface area contributed by atoms with E-state index in [0.717, 1.165) is 0 Å². The number of hydrogen-bond acceptors (Lipinski definition) is 5. The van der Waals surface area contributed by atoms with Crippen LogP contribution in [0.4, 0.5) is 5.69 Å². The van der Waals surface area contributed by atoms with Crippen molar-refractivity contribution in [1.29, 1.82) is 0 Å². The minimum absolute atomic E-state index is 0.0504. The molecule has 25 heavy (non-hydrogen) atoms. The Balaban J connectivity index is 2.29. The molecule has 0 bridgehead atoms. The molecular formula is C14H14Cl2N2O5S2. The van der Waals surface area contributed by atoms with Crippen LogP contribution in [0.25, 0.3) is 0 Å². The van der Waals surface area contributed by atoms with Gasteiger partial charge in [-0.25, -0.2) is 16.8 Å². The van der Waals surface area contributed by atoms with Crippen molar-refractivity contribution >= 4 is 48.9 Å². The van der Waals surface area contributed by atoms with Gasteiger partial charge in [-0.3, -0.25) is 9.56 Å². The smallest absolute Gasteiger partial charge is 0.264 e. The first-order valence-corrected chi connectivity index (χ1v) is 10.4. The molecule has 1 N–H and O–H groups in total. The van der Waals surface area contributed by atoms with Crippen LogP contribution in [0.5, 0.6) is 0 Å². The van der Waals surface area contributed by atoms with Gasteiger partial charge in [0.05, 0.1) is 16.9 Å². The molecule has 0 unspecified atom stereocenters. The molecule has 11 heteroatoms. The van der Waals surface area contributed by atoms with Crippen LogP contribution in [0.1, 0.15) is 0 Å². The second kappa shape index (κ2) is 7.48. The number of benzene rings is 2. The van der Waals surface area contributed by atoms with Crippen molar-refractivity contribution in [2.45, 2.75) is 9.79 Å². The summed E-state index contributed by atoms with van der Waals surface area (Å²) in [7, 11) is -5.28. The van der Waals surface area contributed by atoms with Crippen LogP contribution in [-0.2, 0) is 24.9 Å². The lowest BCUT2D eigenvalue weighted by Gasteiger charge is -2.14. The molecule has 136 valence electrons. The van der Waals surface area contributed by atoms with E-state index in [2.05, 4.69) is 9.56 Å². The fourth-order valence-corrected chi connectivity index (χ4v) is 4.60. The number of anilines is 1. The van der Waals surface area contributed by atoms with Gasteiger partial charge in [-0.15, -0.1) is 0 Å². The maximum Gasteiger partial charge on any atom is 0.264 e. The quantitative estimate of drug-likeness (QED) is 0.719. The topological polar surface area (TPSA) is 92.8 Å². The van der Waals surface area contributed by atoms with Crippen molar-refractivity contribution in [3.63, 3.8) is 0 Å². The van der Waals surface area contributed by atoms with Gasteiger partial charge in [0.1, 0.15) is 0 Å². The van der Waals surface area contributed by atoms with Gasteiger partial charge >= 0.3 is 0 Å². The highest BCUT2D eigenvalue weighted by molar-refractivity contribution is 7.92. The molecular weight excluding hydrogens is 411 g/mol. The van der Waals surface area contributed by atoms with Crippen LogP contribution < -0.4 is 4.72 Å². The monoisotopic (exact) mass is 424 g/mol. The molecule has 0 saturated heterocycles. The van der Waals surface area contributed by atoms with Crippen molar-refractivity contribution in [2.75, 3.05) is 18.9 Å². The fourth-order valence-electron chi connectivity index (χ4n) is 1.84. The molecule has 2 aromatic rings. The molecule has 0 saturated carbocycles. The third kappa shape index (κ3) is 4.63. The van der Waals surface area contributed by atoms with Crippen molar-refractivity contribution in [1.82, 2.24) is 4.47 Å². The van der Waals surface area contributed by atoms with Crippen LogP contribution >= 0.6 is 23.2 Å². The number of hydroxylamine groups is 1. The summed E-state index contributed by atoms with van der Waals surface area (Å²) in [5.41, 5.74) is 0.176. The van der Waals surface area contributed by atoms with Crippen LogP contribution in [0, 0.1) is 0 Å². The zero-order chi connectivity index (χ0) is 18.8. The molecule has 7 nitrogen and oxygen atoms in total. The Hall–Kier alpha value is -1.36. The Morgan fingerprint density at radius 1 is 0.920 bits per heavy atom. The normalized spacial score (nSPS) is 12.4. The number of hydrogen-bond donors (Lipinski definition) is 1. The minimum atomic E-state index is -3.93. The summed E-state index contributed by atoms with van der Waals surface area (Å²) < 4.78 is 51.9. The summed E-state index contributed by atoms with van der Waals surface area (Å²) in [4.78, 5) is 4.51. The van der Waals surface area contributed by atoms with E-state index in [1.54, 1.807) is 0 Å². The Morgan fingerprint density at radius 3 is 1.92 bits per heavy atom. The van der Waals surface area contributed by atoms with Crippen LogP contribution in [0.3, 0.4) is 0 Å². The lowest BCUT2D eigenvalue weighted by atomic mass is 10.3. The maximum atomic E-state index is 12.4. The summed E-state index contributed by atoms with van der Waals surface area (Å²) in [5, 5.41) is 0.355. The molecule has 0 spiro atoms. The van der Waals surface area contributed by atoms with E-state index in [-0.39, 0.29) is 25.5 Å². The molecule has 0 radical (unpaired) electrons. The molecule has 2 rings (SSSR count). The lowest BCUT2D eigenvalue weighted by molar-refractivity contribution is -0.0258. The van der Waals surface area contributed by atoms with Gasteiger partial charge in [0.2, 0.25) is 0 Å². The Labute approximate surface area is 156 Å². The zero-order valence-electron chi connectivity index (χ0n) is 13.1. The summed E-state index contributed by atoms with van der Waals surface area (Å²) in [6.07, 6.45) is 0. The van der Waals surface area contributed by atoms with Gasteiger partial charge in [-0.2, -0.15) is 0 Å². The summed E-state index contributed by atoms with van der Waals surface area (Å²) in [6.45, 7) is 0. The van der Waals surface area contributed by atoms with Gasteiger partial charge in [-0.1, -0.05) is 27.7 Å². The molecule has 0 fully saturated rings. The van der Waals surface area contributed by atoms with E-state index in [9.17, 15) is 16.8 Å². The van der Waals surface area contributed by atoms with E-state index in [4.69, 9.17) is 23.2 Å². The first kappa shape index (κ1) is 20.0. The third-order valence-electron chi connectivity index (χ3n) is 3.15. The molecule has 0 amide bonds. The Morgan fingerprint density at radius 2 is 1.44 bits per heavy atom. The summed E-state index contributed by atoms with van der Waals surface area (Å²) in [6, 6.07) is 9.07. The SMILES string of the molecule is CON(C)S(=O)(=O)c1ccc(NS(=O)(=O)c2cc(Cl)cc(Cl)c2)cc1. The van der Waals surface area contributed by atoms with Crippen LogP contribution in [0.2, 0.25) is 10.0 Å². The standard InChI is InChI=1S/C14H14Cl2N2O5S2/c1-18(23-2)25(21,22)13-5-3-12(4-6-13)17-24(19,20)14-8-10(15)7-11(16)9-14/h3-9,17H,1-2H3. The van der Waals surface area contributed by atoms with Crippen LogP contribution in [-0.4, -0.2) is 35.5 Å². The van der Waals surface area contributed by atoms with E-state index < -0.39 is 20.0 Å². The summed E-state index contributed by atoms with van der Waals surface area (Å²) >= 11 is 11.6. The van der Waals surface area contributed by atoms with Gasteiger partial charge in [0, 0.05) is 22.8 Å². The average molecular weight is 425 g/mol. The van der Waals surface area contributed by atoms with E-state index in [0.29, 0.717) is 4.47 Å². The van der Waals surface area contributed by atoms with Crippen molar-refractivity contribution < 1.29 is 21.7 Å². The van der Waals surface area contributed by atoms with Gasteiger partial charge in [-0.05, 0) is 42.5 Å². The average Bonchev–Trinajstić information content (AvgIpc) is 2.53. The summed E-state index contributed by atoms with van der Waals surface area (Å²) in [5.74, 6) is 0. The highest BCUT2D eigenvalue weighted by Crippen LogP contribution is 2.25. The Bertz CT molecular complexity index is 957. The number of nitrogens with one attached hydrogen (secondary N) is 1. The highest BCUT2D eigenvalue weighted by Gasteiger charge is 2.21. The predicted molar refractivity (Wildman–Crippen MR) is 95.7 cm³/mol. The molecule has 0 aliphatic rings. The third-order valence-corrected chi connectivity index (χ3v) is 6.64. The van der Waals surface area contributed by atoms with Crippen molar-refractivity contribution in [3.8, 4) is 0 Å². The zero-order valence-corrected chi connectivity index (χ0v) is 16.2. The largest absolute Gasteiger partial charge is 0.288 e. The van der Waals surface area contributed by atoms with Crippen molar-refractivity contribution in [2.24, 2.45) is 0 Å². The molecule has 0 heterocycles. The maximum absolute atomic E-state index is 12.4. The second-order valence-electron chi connectivity index (χ2n) is 4.83. The van der Waals surface area contributed by atoms with E-state index in [1.807, 2.05) is 0 Å². The van der Waals surface area contributed by atoms with E-state index in [1.165, 1.54) is 56.6 Å². The van der Waals surface area contributed by atoms with E-state index >= 15 is 0 Å². The highest BCUT2D eigenvalue weighted by atomic mass is 35.5. The molecule has 0 atom stereocenters. The second-order valence-corrected chi connectivity index (χ2v) is 9.32. The first-order valence-electron chi connectivity index (χ1n) is 6.68. The molecule has 0 aliphatic carbocycles. The minimum Gasteiger partial charge on any atom is -0.288 e. The van der Waals surface area contributed by atoms with Crippen LogP contribution in [0.15, 0.2) is 52.3 Å². The number of sulfonamides is 2. The molecule has 0 aliphatic heterocycles. The predicted octanol–water partition coefficient (Wildman–Crippen LogP) is 2.98. The molecule has 0 aromatic heterocycles. The number of halogens is 2. The fraction of sp³-hybridized carbons (Fsp3) is 0.143. The Kier molecular flexibility index (Phi) is 5.97. The van der Waals surface area contributed by atoms with Crippen molar-refractivity contribution in [3.05, 3.63) is 52.5 Å². The van der Waals surface area contributed by atoms with Gasteiger partial charge in [0.25, 0.3) is 20.0 Å². The van der Waals surface area contributed by atoms with Gasteiger partial charge < -0.3 is 0 Å². The first-order chi connectivity index (χ1) is 11.6. The number of rotatable bonds is 6. The lowest BCUT2D eigenvalue weighted by Crippen LogP contribution is -2.25. The van der Waals surface area contributed by atoms with Gasteiger partial charge in [0.15, 0.2) is 0 Å². The molecule has 2 aromatic carbocycles.